The number of pyridine rings is 1. The summed E-state index contributed by atoms with van der Waals surface area (Å²) in [4.78, 5) is 29.2. The molecule has 6 nitrogen and oxygen atoms in total. The number of benzene rings is 1. The number of carbonyl (C=O) groups excluding carboxylic acids is 1. The molecule has 0 radical (unpaired) electrons. The Balaban J connectivity index is 2.17. The van der Waals surface area contributed by atoms with Gasteiger partial charge in [-0.2, -0.15) is 9.78 Å². The predicted octanol–water partition coefficient (Wildman–Crippen LogP) is 3.57. The first kappa shape index (κ1) is 21.4. The fourth-order valence-electron chi connectivity index (χ4n) is 2.80. The van der Waals surface area contributed by atoms with Crippen LogP contribution in [0.25, 0.3) is 16.9 Å². The van der Waals surface area contributed by atoms with Gasteiger partial charge < -0.3 is 5.11 Å². The summed E-state index contributed by atoms with van der Waals surface area (Å²) in [6, 6.07) is 8.84. The van der Waals surface area contributed by atoms with Crippen molar-refractivity contribution in [1.82, 2.24) is 14.8 Å². The lowest BCUT2D eigenvalue weighted by atomic mass is 10.0. The minimum atomic E-state index is -2.75. The number of Topliss-reactive ketones (excluding diaryl/α,β-unsaturated/α-hetero) is 1. The van der Waals surface area contributed by atoms with Crippen molar-refractivity contribution in [3.05, 3.63) is 76.1 Å². The smallest absolute Gasteiger partial charge is 0.282 e. The molecule has 0 saturated carbocycles. The first-order valence-electron chi connectivity index (χ1n) is 9.09. The molecule has 0 aliphatic carbocycles. The summed E-state index contributed by atoms with van der Waals surface area (Å²) < 4.78 is 40.1. The van der Waals surface area contributed by atoms with Gasteiger partial charge in [-0.15, -0.1) is 0 Å². The van der Waals surface area contributed by atoms with Gasteiger partial charge in [0, 0.05) is 24.8 Å². The van der Waals surface area contributed by atoms with Gasteiger partial charge in [-0.1, -0.05) is 13.0 Å². The molecule has 156 valence electrons. The number of rotatable bonds is 7. The molecule has 2 heterocycles. The van der Waals surface area contributed by atoms with Crippen molar-refractivity contribution >= 4 is 5.78 Å². The molecule has 0 aliphatic heterocycles. The van der Waals surface area contributed by atoms with Gasteiger partial charge in [0.1, 0.15) is 11.5 Å². The van der Waals surface area contributed by atoms with E-state index in [1.807, 2.05) is 0 Å². The summed E-state index contributed by atoms with van der Waals surface area (Å²) >= 11 is 0. The van der Waals surface area contributed by atoms with Crippen molar-refractivity contribution in [2.75, 3.05) is 6.61 Å². The van der Waals surface area contributed by atoms with Crippen LogP contribution in [0, 0.1) is 11.7 Å². The molecule has 0 spiro atoms. The van der Waals surface area contributed by atoms with Crippen LogP contribution in [-0.4, -0.2) is 32.3 Å². The second kappa shape index (κ2) is 9.00. The zero-order valence-electron chi connectivity index (χ0n) is 15.9. The van der Waals surface area contributed by atoms with Crippen LogP contribution in [0.1, 0.15) is 35.8 Å². The number of hydrogen-bond donors (Lipinski definition) is 1. The van der Waals surface area contributed by atoms with Gasteiger partial charge in [-0.3, -0.25) is 14.6 Å². The average molecular weight is 417 g/mol. The molecular formula is C21H18F3N3O3. The zero-order valence-corrected chi connectivity index (χ0v) is 15.9. The Bertz CT molecular complexity index is 1110. The molecular weight excluding hydrogens is 399 g/mol. The zero-order chi connectivity index (χ0) is 21.8. The first-order valence-corrected chi connectivity index (χ1v) is 9.09. The van der Waals surface area contributed by atoms with E-state index in [0.717, 1.165) is 23.0 Å². The summed E-state index contributed by atoms with van der Waals surface area (Å²) in [6.07, 6.45) is -1.67. The number of alkyl halides is 2. The Labute approximate surface area is 169 Å². The summed E-state index contributed by atoms with van der Waals surface area (Å²) in [5.74, 6) is -1.49. The van der Waals surface area contributed by atoms with Gasteiger partial charge in [0.2, 0.25) is 0 Å². The molecule has 1 atom stereocenters. The number of hydrogen-bond acceptors (Lipinski definition) is 5. The van der Waals surface area contributed by atoms with Gasteiger partial charge in [0.15, 0.2) is 5.78 Å². The Kier molecular flexibility index (Phi) is 6.41. The monoisotopic (exact) mass is 417 g/mol. The minimum absolute atomic E-state index is 0.0824. The van der Waals surface area contributed by atoms with Crippen LogP contribution in [0.4, 0.5) is 13.2 Å². The Morgan fingerprint density at radius 3 is 2.57 bits per heavy atom. The van der Waals surface area contributed by atoms with E-state index < -0.39 is 29.3 Å². The van der Waals surface area contributed by atoms with Crippen LogP contribution < -0.4 is 5.56 Å². The highest BCUT2D eigenvalue weighted by Gasteiger charge is 2.20. The molecule has 1 N–H and O–H groups in total. The SMILES string of the molecule is C[C@@H](CO)CC(=O)c1cc(-c2ccc(C(F)F)nc2)nn(-c2cccc(F)c2)c1=O. The molecule has 1 aromatic carbocycles. The van der Waals surface area contributed by atoms with E-state index in [1.54, 1.807) is 6.92 Å². The Hall–Kier alpha value is -3.33. The largest absolute Gasteiger partial charge is 0.396 e. The molecule has 0 aliphatic rings. The molecule has 0 unspecified atom stereocenters. The molecule has 3 aromatic rings. The van der Waals surface area contributed by atoms with Crippen molar-refractivity contribution in [1.29, 1.82) is 0 Å². The second-order valence-electron chi connectivity index (χ2n) is 6.83. The van der Waals surface area contributed by atoms with Crippen LogP contribution in [0.3, 0.4) is 0 Å². The highest BCUT2D eigenvalue weighted by molar-refractivity contribution is 5.96. The third-order valence-electron chi connectivity index (χ3n) is 4.42. The third kappa shape index (κ3) is 4.62. The standard InChI is InChI=1S/C21H18F3N3O3/c1-12(11-28)7-19(29)16-9-18(13-5-6-17(20(23)24)25-10-13)26-27(21(16)30)15-4-2-3-14(22)8-15/h2-6,8-10,12,20,28H,7,11H2,1H3/t12-/m1/s1. The summed E-state index contributed by atoms with van der Waals surface area (Å²) in [5.41, 5.74) is -0.853. The second-order valence-corrected chi connectivity index (χ2v) is 6.83. The molecule has 0 amide bonds. The summed E-state index contributed by atoms with van der Waals surface area (Å²) in [7, 11) is 0. The van der Waals surface area contributed by atoms with Gasteiger partial charge in [0.25, 0.3) is 12.0 Å². The van der Waals surface area contributed by atoms with E-state index in [2.05, 4.69) is 10.1 Å². The molecule has 9 heteroatoms. The summed E-state index contributed by atoms with van der Waals surface area (Å²) in [6.45, 7) is 1.42. The van der Waals surface area contributed by atoms with Crippen LogP contribution in [0.15, 0.2) is 53.5 Å². The molecule has 3 rings (SSSR count). The molecule has 0 fully saturated rings. The highest BCUT2D eigenvalue weighted by atomic mass is 19.3. The maximum Gasteiger partial charge on any atom is 0.282 e. The van der Waals surface area contributed by atoms with E-state index in [4.69, 9.17) is 0 Å². The number of aliphatic hydroxyl groups excluding tert-OH is 1. The minimum Gasteiger partial charge on any atom is -0.396 e. The van der Waals surface area contributed by atoms with E-state index in [-0.39, 0.29) is 35.9 Å². The van der Waals surface area contributed by atoms with Crippen LogP contribution >= 0.6 is 0 Å². The lowest BCUT2D eigenvalue weighted by molar-refractivity contribution is 0.0941. The number of carbonyl (C=O) groups is 1. The Morgan fingerprint density at radius 2 is 1.97 bits per heavy atom. The van der Waals surface area contributed by atoms with E-state index in [1.165, 1.54) is 30.3 Å². The van der Waals surface area contributed by atoms with Crippen molar-refractivity contribution in [2.24, 2.45) is 5.92 Å². The number of nitrogens with zero attached hydrogens (tertiary/aromatic N) is 3. The lowest BCUT2D eigenvalue weighted by Gasteiger charge is -2.12. The van der Waals surface area contributed by atoms with Crippen LogP contribution in [-0.2, 0) is 0 Å². The average Bonchev–Trinajstić information content (AvgIpc) is 2.73. The molecule has 0 saturated heterocycles. The van der Waals surface area contributed by atoms with Gasteiger partial charge >= 0.3 is 0 Å². The van der Waals surface area contributed by atoms with Gasteiger partial charge in [0.05, 0.1) is 16.9 Å². The number of aromatic nitrogens is 3. The fourth-order valence-corrected chi connectivity index (χ4v) is 2.80. The van der Waals surface area contributed by atoms with Crippen LogP contribution in [0.5, 0.6) is 0 Å². The normalized spacial score (nSPS) is 12.2. The third-order valence-corrected chi connectivity index (χ3v) is 4.42. The topological polar surface area (TPSA) is 85.1 Å². The highest BCUT2D eigenvalue weighted by Crippen LogP contribution is 2.22. The number of halogens is 3. The number of ketones is 1. The molecule has 30 heavy (non-hydrogen) atoms. The Morgan fingerprint density at radius 1 is 1.20 bits per heavy atom. The predicted molar refractivity (Wildman–Crippen MR) is 103 cm³/mol. The lowest BCUT2D eigenvalue weighted by Crippen LogP contribution is -2.28. The molecule has 0 bridgehead atoms. The van der Waals surface area contributed by atoms with E-state index >= 15 is 0 Å². The van der Waals surface area contributed by atoms with Gasteiger partial charge in [-0.05, 0) is 42.3 Å². The van der Waals surface area contributed by atoms with Crippen molar-refractivity contribution in [3.8, 4) is 16.9 Å². The maximum absolute atomic E-state index is 13.7. The van der Waals surface area contributed by atoms with Crippen LogP contribution in [0.2, 0.25) is 0 Å². The van der Waals surface area contributed by atoms with Crippen molar-refractivity contribution < 1.29 is 23.1 Å². The van der Waals surface area contributed by atoms with Gasteiger partial charge in [-0.25, -0.2) is 13.2 Å². The first-order chi connectivity index (χ1) is 14.3. The quantitative estimate of drug-likeness (QED) is 0.594. The fraction of sp³-hybridized carbons (Fsp3) is 0.238. The van der Waals surface area contributed by atoms with E-state index in [0.29, 0.717) is 5.56 Å². The van der Waals surface area contributed by atoms with Crippen molar-refractivity contribution in [2.45, 2.75) is 19.8 Å². The molecule has 2 aromatic heterocycles. The number of aliphatic hydroxyl groups is 1. The maximum atomic E-state index is 13.7. The van der Waals surface area contributed by atoms with E-state index in [9.17, 15) is 27.9 Å². The summed E-state index contributed by atoms with van der Waals surface area (Å²) in [5, 5.41) is 13.4. The van der Waals surface area contributed by atoms with Crippen molar-refractivity contribution in [3.63, 3.8) is 0 Å².